The van der Waals surface area contributed by atoms with E-state index in [1.165, 1.54) is 5.56 Å². The number of nitrogens with zero attached hydrogens (tertiary/aromatic N) is 2. The molecule has 3 atom stereocenters. The Labute approximate surface area is 144 Å². The van der Waals surface area contributed by atoms with Gasteiger partial charge in [-0.15, -0.1) is 0 Å². The molecule has 2 fully saturated rings. The third kappa shape index (κ3) is 3.61. The SMILES string of the molecule is CN(C)C(=O)CN1[C@H](c2ccccc2)C[C@H]2NC(=O)CCCC[C@@H]21. The van der Waals surface area contributed by atoms with Gasteiger partial charge < -0.3 is 10.2 Å². The van der Waals surface area contributed by atoms with Crippen LogP contribution in [0.25, 0.3) is 0 Å². The minimum atomic E-state index is 0.116. The van der Waals surface area contributed by atoms with Crippen molar-refractivity contribution in [1.82, 2.24) is 15.1 Å². The lowest BCUT2D eigenvalue weighted by atomic mass is 9.97. The summed E-state index contributed by atoms with van der Waals surface area (Å²) in [5.74, 6) is 0.266. The van der Waals surface area contributed by atoms with Crippen molar-refractivity contribution >= 4 is 11.8 Å². The van der Waals surface area contributed by atoms with E-state index in [-0.39, 0.29) is 29.9 Å². The van der Waals surface area contributed by atoms with Crippen molar-refractivity contribution < 1.29 is 9.59 Å². The van der Waals surface area contributed by atoms with E-state index < -0.39 is 0 Å². The fraction of sp³-hybridized carbons (Fsp3) is 0.579. The van der Waals surface area contributed by atoms with Crippen molar-refractivity contribution in [3.63, 3.8) is 0 Å². The highest BCUT2D eigenvalue weighted by atomic mass is 16.2. The number of hydrogen-bond donors (Lipinski definition) is 1. The standard InChI is InChI=1S/C19H27N3O2/c1-21(2)19(24)13-22-16-10-6-7-11-18(23)20-15(16)12-17(22)14-8-4-3-5-9-14/h3-5,8-9,15-17H,6-7,10-13H2,1-2H3,(H,20,23)/t15-,16+,17+/m1/s1. The number of likely N-dealkylation sites (N-methyl/N-ethyl adjacent to an activating group) is 1. The molecule has 0 spiro atoms. The Morgan fingerprint density at radius 3 is 2.71 bits per heavy atom. The van der Waals surface area contributed by atoms with Crippen LogP contribution in [0.5, 0.6) is 0 Å². The van der Waals surface area contributed by atoms with E-state index in [1.807, 2.05) is 18.2 Å². The fourth-order valence-electron chi connectivity index (χ4n) is 3.96. The van der Waals surface area contributed by atoms with Gasteiger partial charge in [-0.25, -0.2) is 0 Å². The Hall–Kier alpha value is -1.88. The number of amides is 2. The maximum atomic E-state index is 12.4. The second kappa shape index (κ2) is 7.34. The van der Waals surface area contributed by atoms with Gasteiger partial charge in [0.1, 0.15) is 0 Å². The normalized spacial score (nSPS) is 27.8. The van der Waals surface area contributed by atoms with Crippen LogP contribution < -0.4 is 5.32 Å². The molecule has 3 rings (SSSR count). The highest BCUT2D eigenvalue weighted by molar-refractivity contribution is 5.78. The third-order valence-corrected chi connectivity index (χ3v) is 5.27. The molecule has 0 saturated carbocycles. The number of rotatable bonds is 3. The van der Waals surface area contributed by atoms with Gasteiger partial charge in [-0.3, -0.25) is 14.5 Å². The first-order chi connectivity index (χ1) is 11.6. The zero-order valence-electron chi connectivity index (χ0n) is 14.6. The second-order valence-corrected chi connectivity index (χ2v) is 7.11. The molecule has 24 heavy (non-hydrogen) atoms. The number of likely N-dealkylation sites (tertiary alicyclic amines) is 1. The lowest BCUT2D eigenvalue weighted by molar-refractivity contribution is -0.130. The first-order valence-corrected chi connectivity index (χ1v) is 8.86. The Balaban J connectivity index is 1.88. The van der Waals surface area contributed by atoms with Gasteiger partial charge in [0.2, 0.25) is 11.8 Å². The topological polar surface area (TPSA) is 52.7 Å². The number of benzene rings is 1. The van der Waals surface area contributed by atoms with Crippen LogP contribution in [0.1, 0.15) is 43.7 Å². The van der Waals surface area contributed by atoms with Gasteiger partial charge in [0.05, 0.1) is 6.54 Å². The van der Waals surface area contributed by atoms with Crippen LogP contribution in [0, 0.1) is 0 Å². The monoisotopic (exact) mass is 329 g/mol. The minimum absolute atomic E-state index is 0.116. The third-order valence-electron chi connectivity index (χ3n) is 5.27. The second-order valence-electron chi connectivity index (χ2n) is 7.11. The van der Waals surface area contributed by atoms with Crippen LogP contribution in [0.2, 0.25) is 0 Å². The minimum Gasteiger partial charge on any atom is -0.352 e. The van der Waals surface area contributed by atoms with E-state index in [0.29, 0.717) is 13.0 Å². The van der Waals surface area contributed by atoms with Gasteiger partial charge in [-0.05, 0) is 24.8 Å². The van der Waals surface area contributed by atoms with Crippen LogP contribution in [0.4, 0.5) is 0 Å². The maximum Gasteiger partial charge on any atom is 0.236 e. The molecule has 5 nitrogen and oxygen atoms in total. The molecule has 2 aliphatic rings. The molecular weight excluding hydrogens is 302 g/mol. The molecule has 2 amide bonds. The zero-order valence-corrected chi connectivity index (χ0v) is 14.6. The van der Waals surface area contributed by atoms with Crippen molar-refractivity contribution in [2.75, 3.05) is 20.6 Å². The number of carbonyl (C=O) groups is 2. The summed E-state index contributed by atoms with van der Waals surface area (Å²) >= 11 is 0. The molecule has 0 aliphatic carbocycles. The summed E-state index contributed by atoms with van der Waals surface area (Å²) in [6.45, 7) is 0.406. The number of carbonyl (C=O) groups excluding carboxylic acids is 2. The van der Waals surface area contributed by atoms with Crippen molar-refractivity contribution in [2.45, 2.75) is 50.2 Å². The average molecular weight is 329 g/mol. The first kappa shape index (κ1) is 17.0. The number of fused-ring (bicyclic) bond motifs is 1. The van der Waals surface area contributed by atoms with Crippen LogP contribution in [-0.4, -0.2) is 54.3 Å². The van der Waals surface area contributed by atoms with Crippen molar-refractivity contribution in [3.8, 4) is 0 Å². The Bertz CT molecular complexity index is 588. The molecule has 0 radical (unpaired) electrons. The molecule has 0 aromatic heterocycles. The van der Waals surface area contributed by atoms with Gasteiger partial charge in [-0.1, -0.05) is 36.8 Å². The smallest absolute Gasteiger partial charge is 0.236 e. The van der Waals surface area contributed by atoms with Crippen LogP contribution in [-0.2, 0) is 9.59 Å². The van der Waals surface area contributed by atoms with Crippen molar-refractivity contribution in [2.24, 2.45) is 0 Å². The Morgan fingerprint density at radius 2 is 2.00 bits per heavy atom. The molecule has 130 valence electrons. The molecule has 2 aliphatic heterocycles. The molecule has 0 unspecified atom stereocenters. The molecule has 1 aromatic carbocycles. The lowest BCUT2D eigenvalue weighted by Gasteiger charge is -2.33. The summed E-state index contributed by atoms with van der Waals surface area (Å²) in [5.41, 5.74) is 1.23. The maximum absolute atomic E-state index is 12.4. The summed E-state index contributed by atoms with van der Waals surface area (Å²) < 4.78 is 0. The molecule has 1 aromatic rings. The van der Waals surface area contributed by atoms with Gasteiger partial charge in [-0.2, -0.15) is 0 Å². The fourth-order valence-corrected chi connectivity index (χ4v) is 3.96. The van der Waals surface area contributed by atoms with Crippen molar-refractivity contribution in [1.29, 1.82) is 0 Å². The summed E-state index contributed by atoms with van der Waals surface area (Å²) in [6, 6.07) is 10.9. The van der Waals surface area contributed by atoms with Crippen LogP contribution >= 0.6 is 0 Å². The quantitative estimate of drug-likeness (QED) is 0.922. The predicted octanol–water partition coefficient (Wildman–Crippen LogP) is 1.95. The van der Waals surface area contributed by atoms with E-state index in [0.717, 1.165) is 25.7 Å². The van der Waals surface area contributed by atoms with Gasteiger partial charge in [0.25, 0.3) is 0 Å². The van der Waals surface area contributed by atoms with Crippen molar-refractivity contribution in [3.05, 3.63) is 35.9 Å². The number of nitrogens with one attached hydrogen (secondary N) is 1. The first-order valence-electron chi connectivity index (χ1n) is 8.86. The summed E-state index contributed by atoms with van der Waals surface area (Å²) in [5, 5.41) is 3.21. The van der Waals surface area contributed by atoms with Crippen LogP contribution in [0.15, 0.2) is 30.3 Å². The molecule has 2 heterocycles. The summed E-state index contributed by atoms with van der Waals surface area (Å²) in [4.78, 5) is 28.4. The average Bonchev–Trinajstić information content (AvgIpc) is 2.87. The van der Waals surface area contributed by atoms with E-state index in [4.69, 9.17) is 0 Å². The molecule has 5 heteroatoms. The largest absolute Gasteiger partial charge is 0.352 e. The zero-order chi connectivity index (χ0) is 17.1. The Kier molecular flexibility index (Phi) is 5.19. The summed E-state index contributed by atoms with van der Waals surface area (Å²) in [7, 11) is 3.60. The molecule has 0 bridgehead atoms. The van der Waals surface area contributed by atoms with Gasteiger partial charge in [0.15, 0.2) is 0 Å². The van der Waals surface area contributed by atoms with E-state index in [2.05, 4.69) is 22.3 Å². The molecular formula is C19H27N3O2. The Morgan fingerprint density at radius 1 is 1.25 bits per heavy atom. The van der Waals surface area contributed by atoms with Crippen LogP contribution in [0.3, 0.4) is 0 Å². The molecule has 1 N–H and O–H groups in total. The summed E-state index contributed by atoms with van der Waals surface area (Å²) in [6.07, 6.45) is 4.51. The van der Waals surface area contributed by atoms with Gasteiger partial charge in [0, 0.05) is 38.6 Å². The highest BCUT2D eigenvalue weighted by Crippen LogP contribution is 2.38. The van der Waals surface area contributed by atoms with Gasteiger partial charge >= 0.3 is 0 Å². The van der Waals surface area contributed by atoms with E-state index in [1.54, 1.807) is 19.0 Å². The van der Waals surface area contributed by atoms with E-state index >= 15 is 0 Å². The lowest BCUT2D eigenvalue weighted by Crippen LogP contribution is -2.48. The predicted molar refractivity (Wildman–Crippen MR) is 93.4 cm³/mol. The van der Waals surface area contributed by atoms with E-state index in [9.17, 15) is 9.59 Å². The number of hydrogen-bond acceptors (Lipinski definition) is 3. The molecule has 2 saturated heterocycles. The highest BCUT2D eigenvalue weighted by Gasteiger charge is 2.43.